The fourth-order valence-corrected chi connectivity index (χ4v) is 3.73. The number of piperidine rings is 1. The Hall–Kier alpha value is -2.11. The number of imidazole rings is 1. The van der Waals surface area contributed by atoms with Gasteiger partial charge in [0.15, 0.2) is 0 Å². The normalized spacial score (nSPS) is 29.9. The van der Waals surface area contributed by atoms with Crippen LogP contribution in [0.2, 0.25) is 0 Å². The molecule has 0 radical (unpaired) electrons. The van der Waals surface area contributed by atoms with Crippen LogP contribution in [0.4, 0.5) is 4.79 Å². The zero-order chi connectivity index (χ0) is 17.3. The molecule has 1 aliphatic carbocycles. The number of aromatic nitrogens is 2. The van der Waals surface area contributed by atoms with Gasteiger partial charge in [-0.1, -0.05) is 13.8 Å². The van der Waals surface area contributed by atoms with Crippen molar-refractivity contribution in [2.24, 2.45) is 11.8 Å². The van der Waals surface area contributed by atoms with Crippen molar-refractivity contribution in [2.45, 2.75) is 52.0 Å². The van der Waals surface area contributed by atoms with E-state index in [0.29, 0.717) is 18.0 Å². The second kappa shape index (κ2) is 6.79. The lowest BCUT2D eigenvalue weighted by Crippen LogP contribution is -2.43. The molecule has 6 nitrogen and oxygen atoms in total. The van der Waals surface area contributed by atoms with Gasteiger partial charge in [0.25, 0.3) is 5.91 Å². The predicted molar refractivity (Wildman–Crippen MR) is 90.4 cm³/mol. The zero-order valence-electron chi connectivity index (χ0n) is 14.3. The van der Waals surface area contributed by atoms with E-state index in [-0.39, 0.29) is 12.5 Å². The molecule has 1 aliphatic heterocycles. The van der Waals surface area contributed by atoms with Gasteiger partial charge in [0, 0.05) is 24.4 Å². The molecule has 0 spiro atoms. The zero-order valence-corrected chi connectivity index (χ0v) is 14.3. The van der Waals surface area contributed by atoms with E-state index >= 15 is 0 Å². The summed E-state index contributed by atoms with van der Waals surface area (Å²) in [4.78, 5) is 28.8. The van der Waals surface area contributed by atoms with Crippen molar-refractivity contribution in [3.63, 3.8) is 0 Å². The minimum absolute atomic E-state index is 0.131. The number of hydrogen-bond acceptors (Lipinski definition) is 3. The molecule has 1 saturated carbocycles. The highest BCUT2D eigenvalue weighted by Crippen LogP contribution is 2.32. The van der Waals surface area contributed by atoms with Gasteiger partial charge in [-0.3, -0.25) is 4.79 Å². The number of imide groups is 1. The molecule has 2 amide bonds. The summed E-state index contributed by atoms with van der Waals surface area (Å²) in [6, 6.07) is 0.484. The van der Waals surface area contributed by atoms with Gasteiger partial charge < -0.3 is 9.67 Å². The van der Waals surface area contributed by atoms with Gasteiger partial charge in [-0.05, 0) is 50.0 Å². The smallest absolute Gasteiger partial charge is 0.414 e. The summed E-state index contributed by atoms with van der Waals surface area (Å²) in [5.41, 5.74) is 1.26. The third kappa shape index (κ3) is 3.52. The minimum atomic E-state index is -1.18. The maximum Gasteiger partial charge on any atom is 0.414 e. The monoisotopic (exact) mass is 331 g/mol. The van der Waals surface area contributed by atoms with E-state index in [2.05, 4.69) is 16.5 Å². The van der Waals surface area contributed by atoms with E-state index in [0.717, 1.165) is 29.4 Å². The molecule has 2 aliphatic rings. The number of carbonyl (C=O) groups excluding carboxylic acids is 1. The molecule has 1 N–H and O–H groups in total. The van der Waals surface area contributed by atoms with Crippen LogP contribution in [-0.2, 0) is 4.79 Å². The van der Waals surface area contributed by atoms with E-state index in [1.807, 2.05) is 19.4 Å². The number of hydrogen-bond donors (Lipinski definition) is 1. The highest BCUT2D eigenvalue weighted by atomic mass is 16.4. The maximum atomic E-state index is 12.3. The molecule has 3 rings (SSSR count). The summed E-state index contributed by atoms with van der Waals surface area (Å²) in [5, 5.41) is 9.16. The van der Waals surface area contributed by atoms with Gasteiger partial charge in [-0.2, -0.15) is 0 Å². The van der Waals surface area contributed by atoms with Crippen molar-refractivity contribution in [1.82, 2.24) is 14.5 Å². The van der Waals surface area contributed by atoms with Gasteiger partial charge in [0.1, 0.15) is 0 Å². The Morgan fingerprint density at radius 3 is 2.62 bits per heavy atom. The fraction of sp³-hybridized carbons (Fsp3) is 0.611. The lowest BCUT2D eigenvalue weighted by molar-refractivity contribution is -0.127. The average molecular weight is 331 g/mol. The van der Waals surface area contributed by atoms with Gasteiger partial charge in [0.05, 0.1) is 12.0 Å². The summed E-state index contributed by atoms with van der Waals surface area (Å²) in [7, 11) is 0. The summed E-state index contributed by atoms with van der Waals surface area (Å²) in [6.45, 7) is 4.52. The van der Waals surface area contributed by atoms with Crippen LogP contribution in [0, 0.1) is 11.8 Å². The third-order valence-corrected chi connectivity index (χ3v) is 5.16. The van der Waals surface area contributed by atoms with Crippen molar-refractivity contribution >= 4 is 18.1 Å². The van der Waals surface area contributed by atoms with Crippen molar-refractivity contribution in [3.05, 3.63) is 23.8 Å². The third-order valence-electron chi connectivity index (χ3n) is 5.16. The number of carbonyl (C=O) groups is 2. The van der Waals surface area contributed by atoms with E-state index in [9.17, 15) is 9.59 Å². The molecule has 1 atom stereocenters. The Labute approximate surface area is 142 Å². The lowest BCUT2D eigenvalue weighted by atomic mass is 9.87. The number of likely N-dealkylation sites (tertiary alicyclic amines) is 1. The Morgan fingerprint density at radius 1 is 1.25 bits per heavy atom. The van der Waals surface area contributed by atoms with E-state index < -0.39 is 12.0 Å². The molecule has 24 heavy (non-hydrogen) atoms. The molecular weight excluding hydrogens is 306 g/mol. The Morgan fingerprint density at radius 2 is 1.96 bits per heavy atom. The lowest BCUT2D eigenvalue weighted by Gasteiger charge is -2.28. The molecule has 0 bridgehead atoms. The highest BCUT2D eigenvalue weighted by Gasteiger charge is 2.31. The van der Waals surface area contributed by atoms with E-state index in [1.165, 1.54) is 12.8 Å². The molecule has 1 saturated heterocycles. The van der Waals surface area contributed by atoms with Crippen molar-refractivity contribution in [1.29, 1.82) is 0 Å². The van der Waals surface area contributed by atoms with Crippen LogP contribution in [-0.4, -0.2) is 38.1 Å². The van der Waals surface area contributed by atoms with Gasteiger partial charge in [0.2, 0.25) is 0 Å². The molecular formula is C18H25N3O3. The van der Waals surface area contributed by atoms with Crippen LogP contribution in [0.1, 0.15) is 57.7 Å². The quantitative estimate of drug-likeness (QED) is 0.841. The first kappa shape index (κ1) is 16.7. The summed E-state index contributed by atoms with van der Waals surface area (Å²) >= 11 is 0. The minimum Gasteiger partial charge on any atom is -0.465 e. The molecule has 1 aromatic heterocycles. The Kier molecular flexibility index (Phi) is 4.73. The molecule has 130 valence electrons. The molecule has 1 aromatic rings. The molecule has 0 unspecified atom stereocenters. The van der Waals surface area contributed by atoms with Crippen molar-refractivity contribution in [2.75, 3.05) is 6.54 Å². The SMILES string of the molecule is CC1CCC(n2cnc(/C=C3\C[C@@H](C)CN(C(=O)O)C3=O)c2)CC1. The average Bonchev–Trinajstić information content (AvgIpc) is 2.99. The second-order valence-electron chi connectivity index (χ2n) is 7.34. The first-order valence-corrected chi connectivity index (χ1v) is 8.73. The van der Waals surface area contributed by atoms with Crippen LogP contribution < -0.4 is 0 Å². The number of amides is 2. The number of nitrogens with zero attached hydrogens (tertiary/aromatic N) is 3. The molecule has 2 heterocycles. The van der Waals surface area contributed by atoms with Crippen LogP contribution in [0.3, 0.4) is 0 Å². The summed E-state index contributed by atoms with van der Waals surface area (Å²) < 4.78 is 2.14. The second-order valence-corrected chi connectivity index (χ2v) is 7.34. The van der Waals surface area contributed by atoms with Gasteiger partial charge in [-0.25, -0.2) is 14.7 Å². The Bertz CT molecular complexity index is 656. The molecule has 0 aromatic carbocycles. The van der Waals surface area contributed by atoms with Crippen LogP contribution in [0.15, 0.2) is 18.1 Å². The van der Waals surface area contributed by atoms with Gasteiger partial charge >= 0.3 is 6.09 Å². The standard InChI is InChI=1S/C18H25N3O3/c1-12-3-5-16(6-4-12)20-10-15(19-11-20)8-14-7-13(2)9-21(17(14)22)18(23)24/h8,10-13,16H,3-7,9H2,1-2H3,(H,23,24)/b14-8+/t12?,13-,16?/m1/s1. The first-order valence-electron chi connectivity index (χ1n) is 8.73. The first-order chi connectivity index (χ1) is 11.4. The van der Waals surface area contributed by atoms with Crippen LogP contribution in [0.25, 0.3) is 6.08 Å². The topological polar surface area (TPSA) is 75.4 Å². The van der Waals surface area contributed by atoms with E-state index in [1.54, 1.807) is 6.08 Å². The molecule has 2 fully saturated rings. The predicted octanol–water partition coefficient (Wildman–Crippen LogP) is 3.56. The summed E-state index contributed by atoms with van der Waals surface area (Å²) in [6.07, 6.45) is 9.77. The van der Waals surface area contributed by atoms with E-state index in [4.69, 9.17) is 5.11 Å². The van der Waals surface area contributed by atoms with Crippen molar-refractivity contribution < 1.29 is 14.7 Å². The largest absolute Gasteiger partial charge is 0.465 e. The maximum absolute atomic E-state index is 12.3. The number of rotatable bonds is 2. The number of carboxylic acid groups (broad SMARTS) is 1. The molecule has 6 heteroatoms. The summed E-state index contributed by atoms with van der Waals surface area (Å²) in [5.74, 6) is 0.517. The van der Waals surface area contributed by atoms with Crippen molar-refractivity contribution in [3.8, 4) is 0 Å². The highest BCUT2D eigenvalue weighted by molar-refractivity contribution is 6.05. The Balaban J connectivity index is 1.76. The van der Waals surface area contributed by atoms with Gasteiger partial charge in [-0.15, -0.1) is 0 Å². The fourth-order valence-electron chi connectivity index (χ4n) is 3.73. The van der Waals surface area contributed by atoms with Crippen LogP contribution >= 0.6 is 0 Å². The van der Waals surface area contributed by atoms with Crippen LogP contribution in [0.5, 0.6) is 0 Å².